The van der Waals surface area contributed by atoms with Crippen LogP contribution in [0.15, 0.2) is 52.2 Å². The van der Waals surface area contributed by atoms with Crippen LogP contribution in [0.25, 0.3) is 0 Å². The van der Waals surface area contributed by atoms with Crippen LogP contribution in [0.5, 0.6) is 0 Å². The molecule has 6 nitrogen and oxygen atoms in total. The Hall–Kier alpha value is -2.41. The molecule has 2 N–H and O–H groups in total. The number of carbonyl (C=O) groups is 2. The van der Waals surface area contributed by atoms with Crippen molar-refractivity contribution in [2.75, 3.05) is 5.32 Å². The van der Waals surface area contributed by atoms with E-state index in [1.807, 2.05) is 30.3 Å². The van der Waals surface area contributed by atoms with E-state index in [4.69, 9.17) is 0 Å². The molecule has 1 fully saturated rings. The highest BCUT2D eigenvalue weighted by atomic mass is 32.2. The lowest BCUT2D eigenvalue weighted by atomic mass is 9.77. The van der Waals surface area contributed by atoms with Gasteiger partial charge >= 0.3 is 0 Å². The summed E-state index contributed by atoms with van der Waals surface area (Å²) < 4.78 is 0. The molecule has 1 aliphatic carbocycles. The Morgan fingerprint density at radius 3 is 2.70 bits per heavy atom. The van der Waals surface area contributed by atoms with Gasteiger partial charge in [-0.1, -0.05) is 49.4 Å². The van der Waals surface area contributed by atoms with Gasteiger partial charge in [-0.2, -0.15) is 5.10 Å². The van der Waals surface area contributed by atoms with Crippen molar-refractivity contribution in [1.82, 2.24) is 5.32 Å². The van der Waals surface area contributed by atoms with Crippen LogP contribution in [-0.2, 0) is 9.59 Å². The summed E-state index contributed by atoms with van der Waals surface area (Å²) in [4.78, 5) is 24.3. The Morgan fingerprint density at radius 2 is 2.00 bits per heavy atom. The van der Waals surface area contributed by atoms with E-state index >= 15 is 0 Å². The maximum absolute atomic E-state index is 12.2. The average molecular weight is 385 g/mol. The minimum absolute atomic E-state index is 0.0903. The summed E-state index contributed by atoms with van der Waals surface area (Å²) >= 11 is 1.25. The molecule has 0 spiro atoms. The molecule has 142 valence electrons. The number of amidine groups is 1. The fraction of sp³-hybridized carbons (Fsp3) is 0.400. The van der Waals surface area contributed by atoms with Crippen LogP contribution in [-0.4, -0.2) is 27.9 Å². The number of carbonyl (C=O) groups excluding carboxylic acids is 2. The second-order valence-corrected chi connectivity index (χ2v) is 8.91. The molecule has 2 aliphatic rings. The highest BCUT2D eigenvalue weighted by Crippen LogP contribution is 2.34. The van der Waals surface area contributed by atoms with Gasteiger partial charge in [0.05, 0.1) is 5.71 Å². The predicted molar refractivity (Wildman–Crippen MR) is 111 cm³/mol. The number of hydrogen-bond acceptors (Lipinski definition) is 5. The van der Waals surface area contributed by atoms with E-state index in [0.29, 0.717) is 10.9 Å². The Kier molecular flexibility index (Phi) is 5.79. The lowest BCUT2D eigenvalue weighted by molar-refractivity contribution is -0.122. The third kappa shape index (κ3) is 5.53. The molecule has 0 bridgehead atoms. The van der Waals surface area contributed by atoms with Crippen molar-refractivity contribution in [3.8, 4) is 0 Å². The molecule has 3 rings (SSSR count). The van der Waals surface area contributed by atoms with Gasteiger partial charge in [0.2, 0.25) is 11.8 Å². The minimum atomic E-state index is -0.493. The van der Waals surface area contributed by atoms with Crippen molar-refractivity contribution in [1.29, 1.82) is 0 Å². The van der Waals surface area contributed by atoms with Gasteiger partial charge in [0.1, 0.15) is 5.25 Å². The Labute approximate surface area is 163 Å². The molecule has 1 heterocycles. The molecule has 2 amide bonds. The fourth-order valence-electron chi connectivity index (χ4n) is 3.36. The molecule has 27 heavy (non-hydrogen) atoms. The van der Waals surface area contributed by atoms with Crippen LogP contribution in [0.4, 0.5) is 5.69 Å². The van der Waals surface area contributed by atoms with Crippen molar-refractivity contribution in [3.63, 3.8) is 0 Å². The first kappa shape index (κ1) is 19.4. The van der Waals surface area contributed by atoms with Crippen LogP contribution >= 0.6 is 11.8 Å². The summed E-state index contributed by atoms with van der Waals surface area (Å²) in [5.74, 6) is -0.410. The summed E-state index contributed by atoms with van der Waals surface area (Å²) in [5.41, 5.74) is 3.08. The smallest absolute Gasteiger partial charge is 0.240 e. The van der Waals surface area contributed by atoms with E-state index in [2.05, 4.69) is 47.7 Å². The predicted octanol–water partition coefficient (Wildman–Crippen LogP) is 3.73. The average Bonchev–Trinajstić information content (AvgIpc) is 2.92. The molecule has 1 aromatic rings. The number of hydrogen-bond donors (Lipinski definition) is 2. The van der Waals surface area contributed by atoms with Gasteiger partial charge in [-0.15, -0.1) is 5.10 Å². The first-order valence-corrected chi connectivity index (χ1v) is 9.83. The Morgan fingerprint density at radius 1 is 1.26 bits per heavy atom. The molecule has 0 radical (unpaired) electrons. The van der Waals surface area contributed by atoms with Crippen molar-refractivity contribution in [2.45, 2.75) is 45.3 Å². The first-order chi connectivity index (χ1) is 12.8. The maximum Gasteiger partial charge on any atom is 0.240 e. The molecule has 7 heteroatoms. The van der Waals surface area contributed by atoms with Gasteiger partial charge in [0, 0.05) is 12.1 Å². The van der Waals surface area contributed by atoms with Crippen molar-refractivity contribution in [2.24, 2.45) is 15.6 Å². The van der Waals surface area contributed by atoms with E-state index in [1.54, 1.807) is 0 Å². The highest BCUT2D eigenvalue weighted by molar-refractivity contribution is 8.15. The standard InChI is InChI=1S/C20H24N4O2S/c1-13-9-15(12-20(2,3)11-13)23-24-19-22-18(26)16(27-19)10-17(25)21-14-7-5-4-6-8-14/h4-9,16H,10-12H2,1-3H3,(H,21,25)(H,22,24,26)/b23-15-. The molecule has 0 aromatic heterocycles. The van der Waals surface area contributed by atoms with Crippen molar-refractivity contribution in [3.05, 3.63) is 42.0 Å². The fourth-order valence-corrected chi connectivity index (χ4v) is 4.27. The lowest BCUT2D eigenvalue weighted by Crippen LogP contribution is -2.28. The SMILES string of the molecule is CC1=C/C(=N/N=C2/NC(=O)C(CC(=O)Nc3ccccc3)S2)CC(C)(C)C1. The molecule has 1 unspecified atom stereocenters. The number of para-hydroxylation sites is 1. The van der Waals surface area contributed by atoms with E-state index in [0.717, 1.165) is 18.6 Å². The topological polar surface area (TPSA) is 82.9 Å². The Balaban J connectivity index is 1.60. The summed E-state index contributed by atoms with van der Waals surface area (Å²) in [6, 6.07) is 9.19. The summed E-state index contributed by atoms with van der Waals surface area (Å²) in [6.07, 6.45) is 4.05. The Bertz CT molecular complexity index is 828. The number of benzene rings is 1. The zero-order chi connectivity index (χ0) is 19.4. The number of nitrogens with one attached hydrogen (secondary N) is 2. The minimum Gasteiger partial charge on any atom is -0.326 e. The van der Waals surface area contributed by atoms with Gasteiger partial charge in [0.15, 0.2) is 5.17 Å². The van der Waals surface area contributed by atoms with Gasteiger partial charge < -0.3 is 10.6 Å². The number of thioether (sulfide) groups is 1. The third-order valence-electron chi connectivity index (χ3n) is 4.30. The quantitative estimate of drug-likeness (QED) is 0.776. The van der Waals surface area contributed by atoms with Gasteiger partial charge in [-0.25, -0.2) is 0 Å². The van der Waals surface area contributed by atoms with Crippen molar-refractivity contribution < 1.29 is 9.59 Å². The van der Waals surface area contributed by atoms with Crippen LogP contribution < -0.4 is 10.6 Å². The third-order valence-corrected chi connectivity index (χ3v) is 5.38. The highest BCUT2D eigenvalue weighted by Gasteiger charge is 2.32. The van der Waals surface area contributed by atoms with Crippen LogP contribution in [0.2, 0.25) is 0 Å². The molecule has 1 aromatic carbocycles. The zero-order valence-corrected chi connectivity index (χ0v) is 16.6. The van der Waals surface area contributed by atoms with Gasteiger partial charge in [-0.3, -0.25) is 9.59 Å². The second kappa shape index (κ2) is 8.08. The normalized spacial score (nSPS) is 24.6. The largest absolute Gasteiger partial charge is 0.326 e. The van der Waals surface area contributed by atoms with E-state index in [-0.39, 0.29) is 23.7 Å². The number of anilines is 1. The number of rotatable bonds is 4. The summed E-state index contributed by atoms with van der Waals surface area (Å²) in [7, 11) is 0. The van der Waals surface area contributed by atoms with Crippen LogP contribution in [0, 0.1) is 5.41 Å². The molecule has 0 saturated carbocycles. The van der Waals surface area contributed by atoms with E-state index in [1.165, 1.54) is 17.3 Å². The second-order valence-electron chi connectivity index (χ2n) is 7.72. The summed E-state index contributed by atoms with van der Waals surface area (Å²) in [5, 5.41) is 14.0. The van der Waals surface area contributed by atoms with E-state index in [9.17, 15) is 9.59 Å². The van der Waals surface area contributed by atoms with E-state index < -0.39 is 5.25 Å². The monoisotopic (exact) mass is 384 g/mol. The zero-order valence-electron chi connectivity index (χ0n) is 15.8. The molecule has 1 saturated heterocycles. The number of amides is 2. The maximum atomic E-state index is 12.2. The number of nitrogens with zero attached hydrogens (tertiary/aromatic N) is 2. The van der Waals surface area contributed by atoms with Crippen molar-refractivity contribution >= 4 is 40.1 Å². The molecule has 1 aliphatic heterocycles. The molecule has 1 atom stereocenters. The van der Waals surface area contributed by atoms with Gasteiger partial charge in [0.25, 0.3) is 0 Å². The van der Waals surface area contributed by atoms with Crippen LogP contribution in [0.1, 0.15) is 40.0 Å². The summed E-state index contributed by atoms with van der Waals surface area (Å²) in [6.45, 7) is 6.51. The van der Waals surface area contributed by atoms with Gasteiger partial charge in [-0.05, 0) is 43.4 Å². The molecular weight excluding hydrogens is 360 g/mol. The van der Waals surface area contributed by atoms with Crippen LogP contribution in [0.3, 0.4) is 0 Å². The molecular formula is C20H24N4O2S. The lowest BCUT2D eigenvalue weighted by Gasteiger charge is -2.28. The first-order valence-electron chi connectivity index (χ1n) is 8.95. The number of allylic oxidation sites excluding steroid dienone is 2.